The second-order valence-electron chi connectivity index (χ2n) is 6.38. The summed E-state index contributed by atoms with van der Waals surface area (Å²) in [5.74, 6) is 0.909. The van der Waals surface area contributed by atoms with Crippen molar-refractivity contribution in [2.24, 2.45) is 5.73 Å². The second-order valence-corrected chi connectivity index (χ2v) is 6.38. The summed E-state index contributed by atoms with van der Waals surface area (Å²) in [5.41, 5.74) is 6.30. The number of amides is 3. The molecule has 2 aromatic heterocycles. The SMILES string of the molecule is COc1ccc(-n2nc(C(=O)N(C)OC)nc2-c2ccc(OCCNC(N)=O)cc2)cn1. The van der Waals surface area contributed by atoms with E-state index in [-0.39, 0.29) is 19.0 Å². The number of nitrogens with one attached hydrogen (secondary N) is 1. The molecule has 0 aliphatic rings. The van der Waals surface area contributed by atoms with Gasteiger partial charge in [0.15, 0.2) is 5.82 Å². The molecule has 12 heteroatoms. The van der Waals surface area contributed by atoms with E-state index in [4.69, 9.17) is 20.0 Å². The molecule has 0 aliphatic heterocycles. The third-order valence-electron chi connectivity index (χ3n) is 4.32. The van der Waals surface area contributed by atoms with E-state index < -0.39 is 11.9 Å². The predicted octanol–water partition coefficient (Wildman–Crippen LogP) is 1.02. The molecule has 0 saturated heterocycles. The van der Waals surface area contributed by atoms with E-state index in [2.05, 4.69) is 20.4 Å². The number of methoxy groups -OCH3 is 1. The average molecular weight is 441 g/mol. The van der Waals surface area contributed by atoms with Crippen molar-refractivity contribution in [3.05, 3.63) is 48.4 Å². The smallest absolute Gasteiger partial charge is 0.316 e. The van der Waals surface area contributed by atoms with Gasteiger partial charge in [-0.1, -0.05) is 0 Å². The topological polar surface area (TPSA) is 147 Å². The van der Waals surface area contributed by atoms with E-state index in [1.807, 2.05) is 0 Å². The number of benzene rings is 1. The van der Waals surface area contributed by atoms with Gasteiger partial charge in [0, 0.05) is 18.7 Å². The first-order chi connectivity index (χ1) is 15.4. The number of pyridine rings is 1. The summed E-state index contributed by atoms with van der Waals surface area (Å²) in [4.78, 5) is 36.8. The van der Waals surface area contributed by atoms with Gasteiger partial charge in [-0.25, -0.2) is 24.5 Å². The van der Waals surface area contributed by atoms with Gasteiger partial charge >= 0.3 is 11.9 Å². The third kappa shape index (κ3) is 5.29. The van der Waals surface area contributed by atoms with Crippen molar-refractivity contribution in [3.8, 4) is 28.7 Å². The van der Waals surface area contributed by atoms with Crippen LogP contribution in [0.2, 0.25) is 0 Å². The Morgan fingerprint density at radius 2 is 1.91 bits per heavy atom. The number of ether oxygens (including phenoxy) is 2. The summed E-state index contributed by atoms with van der Waals surface area (Å²) < 4.78 is 12.2. The highest BCUT2D eigenvalue weighted by atomic mass is 16.7. The van der Waals surface area contributed by atoms with Crippen LogP contribution in [-0.4, -0.2) is 71.2 Å². The van der Waals surface area contributed by atoms with E-state index in [1.54, 1.807) is 42.6 Å². The van der Waals surface area contributed by atoms with E-state index in [0.29, 0.717) is 28.7 Å². The zero-order valence-electron chi connectivity index (χ0n) is 17.8. The van der Waals surface area contributed by atoms with Crippen LogP contribution in [0.1, 0.15) is 10.6 Å². The minimum absolute atomic E-state index is 0.0435. The van der Waals surface area contributed by atoms with Crippen molar-refractivity contribution in [1.29, 1.82) is 0 Å². The number of hydroxylamine groups is 2. The van der Waals surface area contributed by atoms with Crippen molar-refractivity contribution in [2.45, 2.75) is 0 Å². The first kappa shape index (κ1) is 22.5. The largest absolute Gasteiger partial charge is 0.492 e. The number of primary amides is 1. The van der Waals surface area contributed by atoms with Crippen molar-refractivity contribution >= 4 is 11.9 Å². The lowest BCUT2D eigenvalue weighted by Crippen LogP contribution is -2.32. The van der Waals surface area contributed by atoms with Crippen LogP contribution in [0.25, 0.3) is 17.1 Å². The maximum Gasteiger partial charge on any atom is 0.316 e. The number of carbonyl (C=O) groups excluding carboxylic acids is 2. The van der Waals surface area contributed by atoms with Crippen molar-refractivity contribution < 1.29 is 23.9 Å². The van der Waals surface area contributed by atoms with Crippen molar-refractivity contribution in [3.63, 3.8) is 0 Å². The maximum absolute atomic E-state index is 12.5. The number of nitrogens with zero attached hydrogens (tertiary/aromatic N) is 5. The molecule has 0 fully saturated rings. The van der Waals surface area contributed by atoms with Gasteiger partial charge < -0.3 is 20.5 Å². The average Bonchev–Trinajstić information content (AvgIpc) is 3.26. The van der Waals surface area contributed by atoms with Gasteiger partial charge in [-0.3, -0.25) is 9.63 Å². The fraction of sp³-hybridized carbons (Fsp3) is 0.250. The van der Waals surface area contributed by atoms with E-state index in [0.717, 1.165) is 5.06 Å². The van der Waals surface area contributed by atoms with E-state index in [9.17, 15) is 9.59 Å². The van der Waals surface area contributed by atoms with Gasteiger partial charge in [0.05, 0.1) is 32.6 Å². The Hall–Kier alpha value is -4.19. The third-order valence-corrected chi connectivity index (χ3v) is 4.32. The molecule has 0 bridgehead atoms. The molecular weight excluding hydrogens is 418 g/mol. The van der Waals surface area contributed by atoms with Gasteiger partial charge in [-0.2, -0.15) is 0 Å². The van der Waals surface area contributed by atoms with Crippen LogP contribution in [0.5, 0.6) is 11.6 Å². The molecule has 1 aromatic carbocycles. The Morgan fingerprint density at radius 1 is 1.16 bits per heavy atom. The summed E-state index contributed by atoms with van der Waals surface area (Å²) >= 11 is 0. The molecule has 0 spiro atoms. The van der Waals surface area contributed by atoms with Gasteiger partial charge in [0.25, 0.3) is 0 Å². The van der Waals surface area contributed by atoms with Crippen LogP contribution in [0.3, 0.4) is 0 Å². The van der Waals surface area contributed by atoms with Crippen LogP contribution in [0.4, 0.5) is 4.79 Å². The molecule has 3 rings (SSSR count). The Labute approximate surface area is 183 Å². The van der Waals surface area contributed by atoms with Crippen LogP contribution in [-0.2, 0) is 4.84 Å². The number of rotatable bonds is 9. The lowest BCUT2D eigenvalue weighted by atomic mass is 10.2. The van der Waals surface area contributed by atoms with Crippen LogP contribution < -0.4 is 20.5 Å². The molecular formula is C20H23N7O5. The molecule has 0 radical (unpaired) electrons. The summed E-state index contributed by atoms with van der Waals surface area (Å²) in [5, 5.41) is 7.83. The minimum atomic E-state index is -0.610. The Morgan fingerprint density at radius 3 is 2.50 bits per heavy atom. The van der Waals surface area contributed by atoms with Gasteiger partial charge in [-0.15, -0.1) is 5.10 Å². The highest BCUT2D eigenvalue weighted by molar-refractivity contribution is 5.90. The minimum Gasteiger partial charge on any atom is -0.492 e. The van der Waals surface area contributed by atoms with Crippen LogP contribution in [0.15, 0.2) is 42.6 Å². The maximum atomic E-state index is 12.5. The molecule has 3 N–H and O–H groups in total. The highest BCUT2D eigenvalue weighted by Gasteiger charge is 2.22. The number of carbonyl (C=O) groups is 2. The normalized spacial score (nSPS) is 10.5. The number of urea groups is 1. The quantitative estimate of drug-likeness (QED) is 0.369. The Kier molecular flexibility index (Phi) is 7.18. The second kappa shape index (κ2) is 10.2. The van der Waals surface area contributed by atoms with Crippen LogP contribution >= 0.6 is 0 Å². The van der Waals surface area contributed by atoms with E-state index in [1.165, 1.54) is 25.9 Å². The number of hydrogen-bond acceptors (Lipinski definition) is 8. The lowest BCUT2D eigenvalue weighted by Gasteiger charge is -2.10. The summed E-state index contributed by atoms with van der Waals surface area (Å²) in [6.45, 7) is 0.548. The number of aromatic nitrogens is 4. The molecule has 3 amide bonds. The monoisotopic (exact) mass is 441 g/mol. The fourth-order valence-electron chi connectivity index (χ4n) is 2.66. The summed E-state index contributed by atoms with van der Waals surface area (Å²) in [7, 11) is 4.37. The molecule has 2 heterocycles. The van der Waals surface area contributed by atoms with E-state index >= 15 is 0 Å². The molecule has 0 atom stereocenters. The summed E-state index contributed by atoms with van der Waals surface area (Å²) in [6.07, 6.45) is 1.56. The molecule has 0 unspecified atom stereocenters. The number of nitrogens with two attached hydrogens (primary N) is 1. The number of hydrogen-bond donors (Lipinski definition) is 2. The molecule has 168 valence electrons. The highest BCUT2D eigenvalue weighted by Crippen LogP contribution is 2.24. The molecule has 3 aromatic rings. The molecule has 32 heavy (non-hydrogen) atoms. The standard InChI is InChI=1S/C20H23N7O5/c1-26(31-3)19(28)17-24-18(27(25-17)14-6-9-16(30-2)23-12-14)13-4-7-15(8-5-13)32-11-10-22-20(21)29/h4-9,12H,10-11H2,1-3H3,(H3,21,22,29). The van der Waals surface area contributed by atoms with Gasteiger partial charge in [0.1, 0.15) is 12.4 Å². The van der Waals surface area contributed by atoms with Gasteiger partial charge in [0.2, 0.25) is 11.7 Å². The Bertz CT molecular complexity index is 1070. The Balaban J connectivity index is 1.90. The predicted molar refractivity (Wildman–Crippen MR) is 113 cm³/mol. The van der Waals surface area contributed by atoms with Crippen LogP contribution in [0, 0.1) is 0 Å². The lowest BCUT2D eigenvalue weighted by molar-refractivity contribution is -0.0764. The zero-order chi connectivity index (χ0) is 23.1. The van der Waals surface area contributed by atoms with Crippen molar-refractivity contribution in [1.82, 2.24) is 30.1 Å². The zero-order valence-corrected chi connectivity index (χ0v) is 17.8. The van der Waals surface area contributed by atoms with Crippen molar-refractivity contribution in [2.75, 3.05) is 34.4 Å². The molecule has 12 nitrogen and oxygen atoms in total. The molecule has 0 aliphatic carbocycles. The first-order valence-corrected chi connectivity index (χ1v) is 9.49. The van der Waals surface area contributed by atoms with Gasteiger partial charge in [-0.05, 0) is 30.3 Å². The first-order valence-electron chi connectivity index (χ1n) is 9.49. The molecule has 0 saturated carbocycles. The summed E-state index contributed by atoms with van der Waals surface area (Å²) in [6, 6.07) is 9.87. The fourth-order valence-corrected chi connectivity index (χ4v) is 2.66.